The van der Waals surface area contributed by atoms with Gasteiger partial charge in [0, 0.05) is 6.04 Å². The van der Waals surface area contributed by atoms with Gasteiger partial charge in [0.1, 0.15) is 5.60 Å². The van der Waals surface area contributed by atoms with Crippen LogP contribution in [0.4, 0.5) is 4.79 Å². The molecule has 0 aromatic rings. The molecule has 1 spiro atoms. The predicted octanol–water partition coefficient (Wildman–Crippen LogP) is 2.03. The molecule has 0 heterocycles. The van der Waals surface area contributed by atoms with Crippen molar-refractivity contribution in [1.29, 1.82) is 0 Å². The summed E-state index contributed by atoms with van der Waals surface area (Å²) in [7, 11) is 0. The fourth-order valence-electron chi connectivity index (χ4n) is 3.20. The van der Waals surface area contributed by atoms with E-state index in [1.54, 1.807) is 0 Å². The first-order valence-electron chi connectivity index (χ1n) is 6.57. The van der Waals surface area contributed by atoms with Gasteiger partial charge in [0.15, 0.2) is 0 Å². The Morgan fingerprint density at radius 3 is 2.53 bits per heavy atom. The number of hydrogen-bond donors (Lipinski definition) is 2. The third kappa shape index (κ3) is 2.28. The maximum atomic E-state index is 11.7. The Bertz CT molecular complexity index is 305. The second-order valence-corrected chi connectivity index (χ2v) is 6.45. The maximum absolute atomic E-state index is 11.7. The van der Waals surface area contributed by atoms with Crippen LogP contribution in [0.5, 0.6) is 0 Å². The lowest BCUT2D eigenvalue weighted by Crippen LogP contribution is -2.66. The van der Waals surface area contributed by atoms with E-state index < -0.39 is 5.60 Å². The summed E-state index contributed by atoms with van der Waals surface area (Å²) in [4.78, 5) is 11.7. The normalized spacial score (nSPS) is 30.4. The zero-order valence-electron chi connectivity index (χ0n) is 11.1. The minimum atomic E-state index is -0.423. The van der Waals surface area contributed by atoms with Crippen molar-refractivity contribution >= 4 is 6.09 Å². The molecule has 17 heavy (non-hydrogen) atoms. The Morgan fingerprint density at radius 1 is 1.47 bits per heavy atom. The summed E-state index contributed by atoms with van der Waals surface area (Å²) in [6.45, 7) is 6.39. The molecular weight excluding hydrogens is 216 g/mol. The largest absolute Gasteiger partial charge is 0.444 e. The molecule has 0 bridgehead atoms. The smallest absolute Gasteiger partial charge is 0.407 e. The fourth-order valence-corrected chi connectivity index (χ4v) is 3.20. The second-order valence-electron chi connectivity index (χ2n) is 6.45. The highest BCUT2D eigenvalue weighted by Crippen LogP contribution is 2.59. The fraction of sp³-hybridized carbons (Fsp3) is 0.923. The van der Waals surface area contributed by atoms with Crippen LogP contribution in [0.25, 0.3) is 0 Å². The standard InChI is InChI=1S/C13H24N2O2/c1-12(2,3)17-11(16)15-10-7-9(8-14)13(10)5-4-6-13/h9-10H,4-8,14H2,1-3H3,(H,15,16). The van der Waals surface area contributed by atoms with Gasteiger partial charge in [-0.05, 0) is 57.9 Å². The van der Waals surface area contributed by atoms with Gasteiger partial charge in [-0.3, -0.25) is 0 Å². The molecule has 2 aliphatic carbocycles. The van der Waals surface area contributed by atoms with Crippen LogP contribution in [0, 0.1) is 11.3 Å². The molecule has 2 saturated carbocycles. The number of amides is 1. The van der Waals surface area contributed by atoms with Crippen LogP contribution >= 0.6 is 0 Å². The quantitative estimate of drug-likeness (QED) is 0.776. The number of hydrogen-bond acceptors (Lipinski definition) is 3. The van der Waals surface area contributed by atoms with E-state index in [0.29, 0.717) is 11.3 Å². The summed E-state index contributed by atoms with van der Waals surface area (Å²) < 4.78 is 5.29. The van der Waals surface area contributed by atoms with Crippen molar-refractivity contribution in [3.05, 3.63) is 0 Å². The number of alkyl carbamates (subject to hydrolysis) is 1. The summed E-state index contributed by atoms with van der Waals surface area (Å²) in [6.07, 6.45) is 4.40. The van der Waals surface area contributed by atoms with E-state index in [9.17, 15) is 4.79 Å². The van der Waals surface area contributed by atoms with E-state index in [-0.39, 0.29) is 12.1 Å². The molecule has 4 heteroatoms. The highest BCUT2D eigenvalue weighted by molar-refractivity contribution is 5.68. The van der Waals surface area contributed by atoms with Gasteiger partial charge in [0.25, 0.3) is 0 Å². The molecule has 2 rings (SSSR count). The van der Waals surface area contributed by atoms with Gasteiger partial charge >= 0.3 is 6.09 Å². The van der Waals surface area contributed by atoms with E-state index in [2.05, 4.69) is 5.32 Å². The first kappa shape index (κ1) is 12.7. The van der Waals surface area contributed by atoms with E-state index in [1.807, 2.05) is 20.8 Å². The van der Waals surface area contributed by atoms with E-state index in [1.165, 1.54) is 19.3 Å². The predicted molar refractivity (Wildman–Crippen MR) is 66.6 cm³/mol. The summed E-state index contributed by atoms with van der Waals surface area (Å²) >= 11 is 0. The van der Waals surface area contributed by atoms with Crippen LogP contribution in [-0.4, -0.2) is 24.3 Å². The molecule has 2 aliphatic rings. The maximum Gasteiger partial charge on any atom is 0.407 e. The van der Waals surface area contributed by atoms with Gasteiger partial charge in [-0.25, -0.2) is 4.79 Å². The van der Waals surface area contributed by atoms with Crippen molar-refractivity contribution in [1.82, 2.24) is 5.32 Å². The van der Waals surface area contributed by atoms with Crippen LogP contribution in [0.3, 0.4) is 0 Å². The van der Waals surface area contributed by atoms with Gasteiger partial charge < -0.3 is 15.8 Å². The molecule has 2 fully saturated rings. The number of rotatable bonds is 2. The average molecular weight is 240 g/mol. The first-order valence-corrected chi connectivity index (χ1v) is 6.57. The Kier molecular flexibility index (Phi) is 3.10. The molecular formula is C13H24N2O2. The third-order valence-corrected chi connectivity index (χ3v) is 4.29. The van der Waals surface area contributed by atoms with Crippen LogP contribution in [-0.2, 0) is 4.74 Å². The molecule has 0 aromatic carbocycles. The van der Waals surface area contributed by atoms with Gasteiger partial charge in [0.2, 0.25) is 0 Å². The van der Waals surface area contributed by atoms with Crippen molar-refractivity contribution in [3.63, 3.8) is 0 Å². The van der Waals surface area contributed by atoms with E-state index >= 15 is 0 Å². The zero-order chi connectivity index (χ0) is 12.7. The SMILES string of the molecule is CC(C)(C)OC(=O)NC1CC(CN)C12CCC2. The summed E-state index contributed by atoms with van der Waals surface area (Å²) in [5.74, 6) is 0.594. The Labute approximate surface area is 103 Å². The monoisotopic (exact) mass is 240 g/mol. The molecule has 0 saturated heterocycles. The third-order valence-electron chi connectivity index (χ3n) is 4.29. The summed E-state index contributed by atoms with van der Waals surface area (Å²) in [5, 5.41) is 3.01. The number of ether oxygens (including phenoxy) is 1. The van der Waals surface area contributed by atoms with Crippen LogP contribution in [0.1, 0.15) is 46.5 Å². The molecule has 3 N–H and O–H groups in total. The lowest BCUT2D eigenvalue weighted by molar-refractivity contribution is -0.0844. The van der Waals surface area contributed by atoms with Crippen LogP contribution in [0.15, 0.2) is 0 Å². The van der Waals surface area contributed by atoms with E-state index in [4.69, 9.17) is 10.5 Å². The topological polar surface area (TPSA) is 64.3 Å². The second kappa shape index (κ2) is 4.16. The molecule has 98 valence electrons. The van der Waals surface area contributed by atoms with Gasteiger partial charge in [-0.1, -0.05) is 6.42 Å². The Hall–Kier alpha value is -0.770. The van der Waals surface area contributed by atoms with E-state index in [0.717, 1.165) is 13.0 Å². The minimum Gasteiger partial charge on any atom is -0.444 e. The molecule has 0 aromatic heterocycles. The Morgan fingerprint density at radius 2 is 2.12 bits per heavy atom. The number of nitrogens with two attached hydrogens (primary N) is 1. The van der Waals surface area contributed by atoms with Gasteiger partial charge in [-0.2, -0.15) is 0 Å². The first-order chi connectivity index (χ1) is 7.87. The number of nitrogens with one attached hydrogen (secondary N) is 1. The van der Waals surface area contributed by atoms with Crippen molar-refractivity contribution in [3.8, 4) is 0 Å². The molecule has 0 aliphatic heterocycles. The highest BCUT2D eigenvalue weighted by atomic mass is 16.6. The van der Waals surface area contributed by atoms with Gasteiger partial charge in [0.05, 0.1) is 0 Å². The molecule has 1 amide bonds. The van der Waals surface area contributed by atoms with Crippen molar-refractivity contribution in [2.75, 3.05) is 6.54 Å². The summed E-state index contributed by atoms with van der Waals surface area (Å²) in [5.41, 5.74) is 5.64. The van der Waals surface area contributed by atoms with Crippen LogP contribution < -0.4 is 11.1 Å². The van der Waals surface area contributed by atoms with Crippen molar-refractivity contribution in [2.24, 2.45) is 17.1 Å². The molecule has 2 unspecified atom stereocenters. The average Bonchev–Trinajstić information content (AvgIpc) is 2.05. The summed E-state index contributed by atoms with van der Waals surface area (Å²) in [6, 6.07) is 0.277. The van der Waals surface area contributed by atoms with Crippen molar-refractivity contribution < 1.29 is 9.53 Å². The molecule has 2 atom stereocenters. The highest BCUT2D eigenvalue weighted by Gasteiger charge is 2.57. The Balaban J connectivity index is 1.87. The molecule has 0 radical (unpaired) electrons. The van der Waals surface area contributed by atoms with Crippen LogP contribution in [0.2, 0.25) is 0 Å². The number of carbonyl (C=O) groups excluding carboxylic acids is 1. The molecule has 4 nitrogen and oxygen atoms in total. The number of carbonyl (C=O) groups is 1. The van der Waals surface area contributed by atoms with Gasteiger partial charge in [-0.15, -0.1) is 0 Å². The minimum absolute atomic E-state index is 0.277. The zero-order valence-corrected chi connectivity index (χ0v) is 11.1. The lowest BCUT2D eigenvalue weighted by Gasteiger charge is -2.61. The lowest BCUT2D eigenvalue weighted by atomic mass is 9.47. The van der Waals surface area contributed by atoms with Crippen molar-refractivity contribution in [2.45, 2.75) is 58.1 Å².